The number of hydrogen-bond acceptors (Lipinski definition) is 5. The number of aliphatic hydroxyl groups excluding tert-OH is 2. The minimum Gasteiger partial charge on any atom is -0.466 e. The summed E-state index contributed by atoms with van der Waals surface area (Å²) in [5.41, 5.74) is 0. The summed E-state index contributed by atoms with van der Waals surface area (Å²) in [4.78, 5) is 24.6. The topological polar surface area (TPSA) is 95.9 Å². The van der Waals surface area contributed by atoms with Crippen molar-refractivity contribution in [3.63, 3.8) is 0 Å². The van der Waals surface area contributed by atoms with Crippen LogP contribution >= 0.6 is 0 Å². The van der Waals surface area contributed by atoms with Crippen LogP contribution < -0.4 is 5.32 Å². The van der Waals surface area contributed by atoms with E-state index in [1.807, 2.05) is 6.08 Å². The van der Waals surface area contributed by atoms with Crippen LogP contribution in [0.3, 0.4) is 0 Å². The van der Waals surface area contributed by atoms with Crippen molar-refractivity contribution >= 4 is 11.9 Å². The molecule has 1 amide bonds. The molecule has 0 aromatic carbocycles. The first kappa shape index (κ1) is 76.1. The highest BCUT2D eigenvalue weighted by molar-refractivity contribution is 5.76. The number of ether oxygens (including phenoxy) is 1. The average Bonchev–Trinajstić information content (AvgIpc) is 3.44. The van der Waals surface area contributed by atoms with Crippen LogP contribution in [0.2, 0.25) is 0 Å². The first-order valence-electron chi connectivity index (χ1n) is 35.3. The maximum Gasteiger partial charge on any atom is 0.305 e. The second kappa shape index (κ2) is 67.6. The summed E-state index contributed by atoms with van der Waals surface area (Å²) in [5, 5.41) is 23.2. The van der Waals surface area contributed by atoms with Crippen molar-refractivity contribution in [2.75, 3.05) is 13.2 Å². The summed E-state index contributed by atoms with van der Waals surface area (Å²) in [6.07, 6.45) is 86.5. The van der Waals surface area contributed by atoms with Gasteiger partial charge in [-0.1, -0.05) is 346 Å². The van der Waals surface area contributed by atoms with Crippen LogP contribution in [0.1, 0.15) is 386 Å². The zero-order valence-corrected chi connectivity index (χ0v) is 52.7. The standard InChI is InChI=1S/C72H137NO5/c1-3-5-7-9-11-13-15-17-18-19-20-28-31-34-37-41-44-48-52-56-60-64-70(75)69(68-74)73-71(76)65-61-57-53-49-45-42-38-35-32-29-26-24-22-21-23-25-27-30-33-36-39-43-47-51-55-59-63-67-78-72(77)66-62-58-54-50-46-40-16-14-12-10-8-6-4-2/h21-22,25,27,60,64,69-70,74-75H,3-20,23-24,26,28-59,61-63,65-68H2,1-2H3,(H,73,76)/b22-21-,27-25-,64-60+. The lowest BCUT2D eigenvalue weighted by Crippen LogP contribution is -2.45. The molecule has 0 radical (unpaired) electrons. The van der Waals surface area contributed by atoms with Crippen LogP contribution in [-0.4, -0.2) is 47.4 Å². The third-order valence-corrected chi connectivity index (χ3v) is 16.4. The number of rotatable bonds is 66. The predicted molar refractivity (Wildman–Crippen MR) is 343 cm³/mol. The van der Waals surface area contributed by atoms with E-state index in [0.29, 0.717) is 19.4 Å². The summed E-state index contributed by atoms with van der Waals surface area (Å²) in [5.74, 6) is -0.0554. The van der Waals surface area contributed by atoms with Crippen molar-refractivity contribution in [1.29, 1.82) is 0 Å². The average molecular weight is 1100 g/mol. The highest BCUT2D eigenvalue weighted by Gasteiger charge is 2.18. The van der Waals surface area contributed by atoms with E-state index in [1.54, 1.807) is 6.08 Å². The molecule has 3 N–H and O–H groups in total. The van der Waals surface area contributed by atoms with Gasteiger partial charge in [0.2, 0.25) is 5.91 Å². The largest absolute Gasteiger partial charge is 0.466 e. The molecule has 0 saturated heterocycles. The lowest BCUT2D eigenvalue weighted by Gasteiger charge is -2.20. The Balaban J connectivity index is 3.44. The summed E-state index contributed by atoms with van der Waals surface area (Å²) in [6, 6.07) is -0.632. The number of carbonyl (C=O) groups excluding carboxylic acids is 2. The zero-order valence-electron chi connectivity index (χ0n) is 52.7. The number of nitrogens with one attached hydrogen (secondary N) is 1. The van der Waals surface area contributed by atoms with Crippen molar-refractivity contribution in [3.05, 3.63) is 36.5 Å². The van der Waals surface area contributed by atoms with Crippen LogP contribution in [0.5, 0.6) is 0 Å². The molecule has 0 aromatic rings. The molecule has 0 saturated carbocycles. The maximum absolute atomic E-state index is 12.5. The molecule has 460 valence electrons. The molecule has 78 heavy (non-hydrogen) atoms. The van der Waals surface area contributed by atoms with Gasteiger partial charge in [0.1, 0.15) is 0 Å². The summed E-state index contributed by atoms with van der Waals surface area (Å²) in [6.45, 7) is 4.93. The number of esters is 1. The van der Waals surface area contributed by atoms with E-state index in [9.17, 15) is 19.8 Å². The Labute approximate surface area is 487 Å². The fourth-order valence-electron chi connectivity index (χ4n) is 11.0. The first-order valence-corrected chi connectivity index (χ1v) is 35.3. The molecular formula is C72H137NO5. The van der Waals surface area contributed by atoms with Gasteiger partial charge in [0, 0.05) is 12.8 Å². The molecular weight excluding hydrogens is 959 g/mol. The highest BCUT2D eigenvalue weighted by Crippen LogP contribution is 2.18. The fraction of sp³-hybridized carbons (Fsp3) is 0.889. The second-order valence-corrected chi connectivity index (χ2v) is 24.2. The van der Waals surface area contributed by atoms with Gasteiger partial charge in [0.15, 0.2) is 0 Å². The molecule has 0 rings (SSSR count). The Hall–Kier alpha value is -1.92. The highest BCUT2D eigenvalue weighted by atomic mass is 16.5. The monoisotopic (exact) mass is 1100 g/mol. The molecule has 0 heterocycles. The fourth-order valence-corrected chi connectivity index (χ4v) is 11.0. The van der Waals surface area contributed by atoms with Gasteiger partial charge in [-0.15, -0.1) is 0 Å². The Morgan fingerprint density at radius 3 is 0.974 bits per heavy atom. The number of carbonyl (C=O) groups is 2. The molecule has 6 heteroatoms. The van der Waals surface area contributed by atoms with Gasteiger partial charge in [0.25, 0.3) is 0 Å². The first-order chi connectivity index (χ1) is 38.5. The number of amides is 1. The van der Waals surface area contributed by atoms with Crippen LogP contribution in [0.15, 0.2) is 36.5 Å². The van der Waals surface area contributed by atoms with Gasteiger partial charge >= 0.3 is 5.97 Å². The molecule has 0 aliphatic carbocycles. The number of unbranched alkanes of at least 4 members (excludes halogenated alkanes) is 51. The van der Waals surface area contributed by atoms with E-state index in [1.165, 1.54) is 315 Å². The van der Waals surface area contributed by atoms with Crippen LogP contribution in [0.25, 0.3) is 0 Å². The van der Waals surface area contributed by atoms with Crippen LogP contribution in [0.4, 0.5) is 0 Å². The van der Waals surface area contributed by atoms with Gasteiger partial charge in [0.05, 0.1) is 25.4 Å². The van der Waals surface area contributed by atoms with Crippen molar-refractivity contribution < 1.29 is 24.5 Å². The lowest BCUT2D eigenvalue weighted by molar-refractivity contribution is -0.143. The molecule has 0 spiro atoms. The van der Waals surface area contributed by atoms with Gasteiger partial charge in [-0.2, -0.15) is 0 Å². The summed E-state index contributed by atoms with van der Waals surface area (Å²) >= 11 is 0. The zero-order chi connectivity index (χ0) is 56.4. The van der Waals surface area contributed by atoms with E-state index in [4.69, 9.17) is 4.74 Å². The van der Waals surface area contributed by atoms with E-state index in [-0.39, 0.29) is 18.5 Å². The normalized spacial score (nSPS) is 12.7. The molecule has 0 aliphatic heterocycles. The summed E-state index contributed by atoms with van der Waals surface area (Å²) in [7, 11) is 0. The van der Waals surface area contributed by atoms with E-state index in [0.717, 1.165) is 44.9 Å². The van der Waals surface area contributed by atoms with Crippen LogP contribution in [0, 0.1) is 0 Å². The molecule has 0 bridgehead atoms. The Morgan fingerprint density at radius 1 is 0.359 bits per heavy atom. The van der Waals surface area contributed by atoms with E-state index >= 15 is 0 Å². The van der Waals surface area contributed by atoms with Gasteiger partial charge in [-0.05, 0) is 64.2 Å². The Kier molecular flexibility index (Phi) is 65.9. The van der Waals surface area contributed by atoms with Crippen molar-refractivity contribution in [1.82, 2.24) is 5.32 Å². The van der Waals surface area contributed by atoms with Gasteiger partial charge < -0.3 is 20.3 Å². The molecule has 0 aliphatic rings. The number of allylic oxidation sites excluding steroid dienone is 5. The molecule has 2 unspecified atom stereocenters. The molecule has 6 nitrogen and oxygen atoms in total. The Bertz CT molecular complexity index is 1260. The third kappa shape index (κ3) is 63.3. The van der Waals surface area contributed by atoms with Gasteiger partial charge in [-0.25, -0.2) is 0 Å². The number of hydrogen-bond donors (Lipinski definition) is 3. The second-order valence-electron chi connectivity index (χ2n) is 24.2. The van der Waals surface area contributed by atoms with Crippen LogP contribution in [-0.2, 0) is 14.3 Å². The lowest BCUT2D eigenvalue weighted by atomic mass is 10.0. The van der Waals surface area contributed by atoms with Gasteiger partial charge in [-0.3, -0.25) is 9.59 Å². The van der Waals surface area contributed by atoms with E-state index in [2.05, 4.69) is 43.5 Å². The molecule has 0 aromatic heterocycles. The predicted octanol–water partition coefficient (Wildman–Crippen LogP) is 22.7. The molecule has 2 atom stereocenters. The SMILES string of the molecule is CCCCCCCCCCCCCCCCCCCCC/C=C/C(O)C(CO)NC(=O)CCCCCCCCCCCCC/C=C\C/C=C\CCCCCCCCCCCOC(=O)CCCCCCCCCCCCCCC. The smallest absolute Gasteiger partial charge is 0.305 e. The van der Waals surface area contributed by atoms with E-state index < -0.39 is 12.1 Å². The van der Waals surface area contributed by atoms with Crippen molar-refractivity contribution in [2.45, 2.75) is 398 Å². The van der Waals surface area contributed by atoms with Crippen molar-refractivity contribution in [2.24, 2.45) is 0 Å². The quantitative estimate of drug-likeness (QED) is 0.0320. The number of aliphatic hydroxyl groups is 2. The summed E-state index contributed by atoms with van der Waals surface area (Å²) < 4.78 is 5.48. The minimum absolute atomic E-state index is 0.0122. The van der Waals surface area contributed by atoms with Crippen molar-refractivity contribution in [3.8, 4) is 0 Å². The third-order valence-electron chi connectivity index (χ3n) is 16.4. The molecule has 0 fully saturated rings. The Morgan fingerprint density at radius 2 is 0.641 bits per heavy atom. The maximum atomic E-state index is 12.5. The minimum atomic E-state index is -0.848.